The van der Waals surface area contributed by atoms with E-state index in [1.807, 2.05) is 23.6 Å². The van der Waals surface area contributed by atoms with Crippen molar-refractivity contribution in [1.29, 1.82) is 0 Å². The van der Waals surface area contributed by atoms with Crippen LogP contribution >= 0.6 is 39.0 Å². The van der Waals surface area contributed by atoms with E-state index in [9.17, 15) is 4.79 Å². The Morgan fingerprint density at radius 1 is 1.43 bits per heavy atom. The predicted octanol–water partition coefficient (Wildman–Crippen LogP) is 4.09. The van der Waals surface area contributed by atoms with Crippen molar-refractivity contribution in [2.24, 2.45) is 0 Å². The van der Waals surface area contributed by atoms with Crippen LogP contribution in [0.3, 0.4) is 0 Å². The molecule has 0 fully saturated rings. The van der Waals surface area contributed by atoms with E-state index in [1.54, 1.807) is 11.3 Å². The van der Waals surface area contributed by atoms with Gasteiger partial charge in [0.15, 0.2) is 5.16 Å². The van der Waals surface area contributed by atoms with Crippen LogP contribution in [0.2, 0.25) is 0 Å². The number of hydrogen-bond acceptors (Lipinski definition) is 4. The first-order chi connectivity index (χ1) is 10.1. The lowest BCUT2D eigenvalue weighted by atomic mass is 10.3. The summed E-state index contributed by atoms with van der Waals surface area (Å²) in [6.45, 7) is 0.698. The van der Waals surface area contributed by atoms with Crippen molar-refractivity contribution in [3.05, 3.63) is 45.1 Å². The van der Waals surface area contributed by atoms with Crippen LogP contribution in [0.1, 0.15) is 5.56 Å². The SMILES string of the molecule is O=C(O)CSc1nc2cc(Br)ccc2n1Cc1ccsc1. The highest BCUT2D eigenvalue weighted by Crippen LogP contribution is 2.27. The third-order valence-electron chi connectivity index (χ3n) is 2.92. The molecule has 0 atom stereocenters. The lowest BCUT2D eigenvalue weighted by Crippen LogP contribution is -2.03. The fraction of sp³-hybridized carbons (Fsp3) is 0.143. The molecule has 0 amide bonds. The van der Waals surface area contributed by atoms with Gasteiger partial charge in [0.2, 0.25) is 0 Å². The molecule has 7 heteroatoms. The molecule has 0 aliphatic carbocycles. The molecule has 108 valence electrons. The van der Waals surface area contributed by atoms with Gasteiger partial charge in [-0.1, -0.05) is 27.7 Å². The van der Waals surface area contributed by atoms with Gasteiger partial charge in [0, 0.05) is 4.47 Å². The van der Waals surface area contributed by atoms with Gasteiger partial charge >= 0.3 is 5.97 Å². The van der Waals surface area contributed by atoms with Gasteiger partial charge in [-0.2, -0.15) is 11.3 Å². The number of thiophene rings is 1. The Kier molecular flexibility index (Phi) is 4.32. The summed E-state index contributed by atoms with van der Waals surface area (Å²) in [6, 6.07) is 7.99. The number of carboxylic acids is 1. The molecule has 2 aromatic heterocycles. The van der Waals surface area contributed by atoms with Crippen LogP contribution in [-0.2, 0) is 11.3 Å². The molecule has 0 unspecified atom stereocenters. The van der Waals surface area contributed by atoms with E-state index in [-0.39, 0.29) is 5.75 Å². The number of carboxylic acid groups (broad SMARTS) is 1. The van der Waals surface area contributed by atoms with Crippen LogP contribution in [0.25, 0.3) is 11.0 Å². The molecule has 1 N–H and O–H groups in total. The highest BCUT2D eigenvalue weighted by molar-refractivity contribution is 9.10. The van der Waals surface area contributed by atoms with Crippen LogP contribution in [0.4, 0.5) is 0 Å². The first-order valence-corrected chi connectivity index (χ1v) is 8.87. The molecular weight excluding hydrogens is 372 g/mol. The molecule has 0 spiro atoms. The number of aromatic nitrogens is 2. The molecule has 0 bridgehead atoms. The van der Waals surface area contributed by atoms with E-state index < -0.39 is 5.97 Å². The average molecular weight is 383 g/mol. The highest BCUT2D eigenvalue weighted by Gasteiger charge is 2.13. The van der Waals surface area contributed by atoms with E-state index in [2.05, 4.69) is 36.9 Å². The van der Waals surface area contributed by atoms with Crippen LogP contribution in [0.5, 0.6) is 0 Å². The third-order valence-corrected chi connectivity index (χ3v) is 5.11. The standard InChI is InChI=1S/C14H11BrN2O2S2/c15-10-1-2-12-11(5-10)16-14(21-8-13(18)19)17(12)6-9-3-4-20-7-9/h1-5,7H,6,8H2,(H,18,19). The number of rotatable bonds is 5. The normalized spacial score (nSPS) is 11.1. The summed E-state index contributed by atoms with van der Waals surface area (Å²) in [4.78, 5) is 15.4. The van der Waals surface area contributed by atoms with Gasteiger partial charge < -0.3 is 9.67 Å². The molecule has 4 nitrogen and oxygen atoms in total. The second-order valence-electron chi connectivity index (χ2n) is 4.43. The monoisotopic (exact) mass is 382 g/mol. The second kappa shape index (κ2) is 6.21. The van der Waals surface area contributed by atoms with Crippen molar-refractivity contribution in [3.63, 3.8) is 0 Å². The number of nitrogens with zero attached hydrogens (tertiary/aromatic N) is 2. The molecule has 2 heterocycles. The number of aliphatic carboxylic acids is 1. The van der Waals surface area contributed by atoms with E-state index in [1.165, 1.54) is 17.3 Å². The molecule has 1 aromatic carbocycles. The van der Waals surface area contributed by atoms with Crippen LogP contribution in [0.15, 0.2) is 44.7 Å². The molecule has 0 saturated heterocycles. The molecule has 3 rings (SSSR count). The van der Waals surface area contributed by atoms with E-state index in [4.69, 9.17) is 5.11 Å². The molecular formula is C14H11BrN2O2S2. The summed E-state index contributed by atoms with van der Waals surface area (Å²) in [5.74, 6) is -0.830. The van der Waals surface area contributed by atoms with Crippen molar-refractivity contribution < 1.29 is 9.90 Å². The Labute approximate surface area is 137 Å². The van der Waals surface area contributed by atoms with Crippen LogP contribution in [0, 0.1) is 0 Å². The van der Waals surface area contributed by atoms with Crippen LogP contribution in [-0.4, -0.2) is 26.4 Å². The Morgan fingerprint density at radius 2 is 2.29 bits per heavy atom. The van der Waals surface area contributed by atoms with Crippen molar-refractivity contribution >= 4 is 56.0 Å². The summed E-state index contributed by atoms with van der Waals surface area (Å²) in [5, 5.41) is 13.7. The Hall–Kier alpha value is -1.31. The zero-order valence-corrected chi connectivity index (χ0v) is 14.0. The first-order valence-electron chi connectivity index (χ1n) is 6.15. The van der Waals surface area contributed by atoms with Crippen molar-refractivity contribution in [1.82, 2.24) is 9.55 Å². The van der Waals surface area contributed by atoms with Gasteiger partial charge in [-0.15, -0.1) is 0 Å². The lowest BCUT2D eigenvalue weighted by molar-refractivity contribution is -0.133. The number of benzene rings is 1. The Morgan fingerprint density at radius 3 is 3.00 bits per heavy atom. The van der Waals surface area contributed by atoms with Gasteiger partial charge in [-0.05, 0) is 40.6 Å². The van der Waals surface area contributed by atoms with Gasteiger partial charge in [0.1, 0.15) is 0 Å². The van der Waals surface area contributed by atoms with Gasteiger partial charge in [0.05, 0.1) is 23.3 Å². The predicted molar refractivity (Wildman–Crippen MR) is 89.2 cm³/mol. The molecule has 0 aliphatic heterocycles. The number of imidazole rings is 1. The minimum atomic E-state index is -0.838. The molecule has 0 saturated carbocycles. The number of hydrogen-bond donors (Lipinski definition) is 1. The number of thioether (sulfide) groups is 1. The maximum atomic E-state index is 10.8. The fourth-order valence-electron chi connectivity index (χ4n) is 2.04. The summed E-state index contributed by atoms with van der Waals surface area (Å²) in [6.07, 6.45) is 0. The minimum Gasteiger partial charge on any atom is -0.481 e. The summed E-state index contributed by atoms with van der Waals surface area (Å²) in [5.41, 5.74) is 3.07. The topological polar surface area (TPSA) is 55.1 Å². The zero-order valence-electron chi connectivity index (χ0n) is 10.8. The van der Waals surface area contributed by atoms with E-state index in [0.717, 1.165) is 20.7 Å². The fourth-order valence-corrected chi connectivity index (χ4v) is 3.78. The van der Waals surface area contributed by atoms with Gasteiger partial charge in [-0.3, -0.25) is 4.79 Å². The van der Waals surface area contributed by atoms with E-state index >= 15 is 0 Å². The lowest BCUT2D eigenvalue weighted by Gasteiger charge is -2.07. The van der Waals surface area contributed by atoms with Crippen molar-refractivity contribution in [2.75, 3.05) is 5.75 Å². The largest absolute Gasteiger partial charge is 0.481 e. The van der Waals surface area contributed by atoms with Gasteiger partial charge in [-0.25, -0.2) is 4.98 Å². The van der Waals surface area contributed by atoms with E-state index in [0.29, 0.717) is 6.54 Å². The van der Waals surface area contributed by atoms with Gasteiger partial charge in [0.25, 0.3) is 0 Å². The smallest absolute Gasteiger partial charge is 0.313 e. The van der Waals surface area contributed by atoms with Crippen molar-refractivity contribution in [3.8, 4) is 0 Å². The number of fused-ring (bicyclic) bond motifs is 1. The third kappa shape index (κ3) is 3.30. The number of halogens is 1. The molecule has 0 radical (unpaired) electrons. The minimum absolute atomic E-state index is 0.00806. The highest BCUT2D eigenvalue weighted by atomic mass is 79.9. The van der Waals surface area contributed by atoms with Crippen LogP contribution < -0.4 is 0 Å². The Bertz CT molecular complexity index is 784. The summed E-state index contributed by atoms with van der Waals surface area (Å²) >= 11 is 6.34. The van der Waals surface area contributed by atoms with Crippen molar-refractivity contribution in [2.45, 2.75) is 11.7 Å². The maximum Gasteiger partial charge on any atom is 0.313 e. The maximum absolute atomic E-state index is 10.8. The number of carbonyl (C=O) groups is 1. The summed E-state index contributed by atoms with van der Waals surface area (Å²) < 4.78 is 3.03. The molecule has 3 aromatic rings. The average Bonchev–Trinajstić information content (AvgIpc) is 3.05. The second-order valence-corrected chi connectivity index (χ2v) is 7.07. The molecule has 0 aliphatic rings. The zero-order chi connectivity index (χ0) is 14.8. The first kappa shape index (κ1) is 14.6. The summed E-state index contributed by atoms with van der Waals surface area (Å²) in [7, 11) is 0. The Balaban J connectivity index is 2.03. The molecule has 21 heavy (non-hydrogen) atoms. The quantitative estimate of drug-likeness (QED) is 0.675.